The highest BCUT2D eigenvalue weighted by molar-refractivity contribution is 5.95. The van der Waals surface area contributed by atoms with Gasteiger partial charge in [0.2, 0.25) is 0 Å². The van der Waals surface area contributed by atoms with Gasteiger partial charge >= 0.3 is 0 Å². The fourth-order valence-electron chi connectivity index (χ4n) is 12.5. The Hall–Kier alpha value is -0.750. The Kier molecular flexibility index (Phi) is 6.87. The van der Waals surface area contributed by atoms with E-state index in [1.165, 1.54) is 24.8 Å². The van der Waals surface area contributed by atoms with Gasteiger partial charge in [0.15, 0.2) is 5.78 Å². The number of fused-ring (bicyclic) bond motifs is 7. The summed E-state index contributed by atoms with van der Waals surface area (Å²) in [5.41, 5.74) is -0.742. The van der Waals surface area contributed by atoms with Crippen LogP contribution in [-0.2, 0) is 4.79 Å². The van der Waals surface area contributed by atoms with Crippen molar-refractivity contribution in [3.05, 3.63) is 11.6 Å². The predicted octanol–water partition coefficient (Wildman–Crippen LogP) is 5.82. The molecule has 0 radical (unpaired) electrons. The van der Waals surface area contributed by atoms with Crippen LogP contribution in [0.1, 0.15) is 118 Å². The van der Waals surface area contributed by atoms with Gasteiger partial charge in [0.05, 0.1) is 25.4 Å². The van der Waals surface area contributed by atoms with E-state index in [4.69, 9.17) is 0 Å². The van der Waals surface area contributed by atoms with E-state index in [1.54, 1.807) is 0 Å². The molecule has 4 N–H and O–H groups in total. The molecule has 5 fully saturated rings. The Morgan fingerprint density at radius 1 is 0.800 bits per heavy atom. The molecule has 6 aliphatic rings. The van der Waals surface area contributed by atoms with Gasteiger partial charge in [-0.05, 0) is 110 Å². The molecule has 0 aromatic heterocycles. The zero-order chi connectivity index (χ0) is 28.9. The van der Waals surface area contributed by atoms with E-state index in [1.807, 2.05) is 6.08 Å². The van der Waals surface area contributed by atoms with Crippen LogP contribution in [0.15, 0.2) is 11.6 Å². The van der Waals surface area contributed by atoms with Crippen LogP contribution >= 0.6 is 0 Å². The predicted molar refractivity (Wildman–Crippen MR) is 156 cm³/mol. The minimum Gasteiger partial charge on any atom is -0.396 e. The van der Waals surface area contributed by atoms with E-state index in [2.05, 4.69) is 34.6 Å². The molecule has 226 valence electrons. The smallest absolute Gasteiger partial charge is 0.159 e. The largest absolute Gasteiger partial charge is 0.396 e. The average molecular weight is 557 g/mol. The molecule has 6 aliphatic carbocycles. The van der Waals surface area contributed by atoms with Gasteiger partial charge in [-0.1, -0.05) is 59.5 Å². The summed E-state index contributed by atoms with van der Waals surface area (Å²) in [4.78, 5) is 14.9. The molecular formula is C35H56O5. The summed E-state index contributed by atoms with van der Waals surface area (Å²) in [6.45, 7) is 11.3. The number of carbonyl (C=O) groups is 1. The number of aliphatic hydroxyl groups excluding tert-OH is 4. The van der Waals surface area contributed by atoms with Crippen molar-refractivity contribution in [1.82, 2.24) is 0 Å². The van der Waals surface area contributed by atoms with Crippen molar-refractivity contribution >= 4 is 5.78 Å². The van der Waals surface area contributed by atoms with E-state index < -0.39 is 23.0 Å². The fourth-order valence-corrected chi connectivity index (χ4v) is 12.5. The molecule has 0 heterocycles. The van der Waals surface area contributed by atoms with Gasteiger partial charge in [-0.2, -0.15) is 0 Å². The Morgan fingerprint density at radius 2 is 1.50 bits per heavy atom. The zero-order valence-corrected chi connectivity index (χ0v) is 25.8. The molecule has 0 unspecified atom stereocenters. The highest BCUT2D eigenvalue weighted by Crippen LogP contribution is 2.77. The van der Waals surface area contributed by atoms with Crippen molar-refractivity contribution in [1.29, 1.82) is 0 Å². The minimum atomic E-state index is -0.603. The van der Waals surface area contributed by atoms with Crippen LogP contribution in [0.3, 0.4) is 0 Å². The molecule has 0 aromatic rings. The van der Waals surface area contributed by atoms with Crippen molar-refractivity contribution in [2.24, 2.45) is 56.2 Å². The van der Waals surface area contributed by atoms with Gasteiger partial charge in [0, 0.05) is 16.7 Å². The van der Waals surface area contributed by atoms with Crippen molar-refractivity contribution in [2.45, 2.75) is 130 Å². The lowest BCUT2D eigenvalue weighted by molar-refractivity contribution is -0.245. The van der Waals surface area contributed by atoms with E-state index >= 15 is 0 Å². The summed E-state index contributed by atoms with van der Waals surface area (Å²) in [5, 5.41) is 44.9. The topological polar surface area (TPSA) is 98.0 Å². The maximum absolute atomic E-state index is 14.9. The van der Waals surface area contributed by atoms with E-state index in [0.29, 0.717) is 18.8 Å². The van der Waals surface area contributed by atoms with Gasteiger partial charge < -0.3 is 20.4 Å². The third kappa shape index (κ3) is 3.56. The highest BCUT2D eigenvalue weighted by Gasteiger charge is 2.74. The molecule has 6 rings (SSSR count). The first-order chi connectivity index (χ1) is 18.8. The summed E-state index contributed by atoms with van der Waals surface area (Å²) in [6.07, 6.45) is 13.3. The molecular weight excluding hydrogens is 500 g/mol. The molecule has 5 heteroatoms. The van der Waals surface area contributed by atoms with E-state index in [9.17, 15) is 25.2 Å². The van der Waals surface area contributed by atoms with Gasteiger partial charge in [-0.25, -0.2) is 0 Å². The fraction of sp³-hybridized carbons (Fsp3) is 0.914. The van der Waals surface area contributed by atoms with Gasteiger partial charge in [0.25, 0.3) is 0 Å². The molecule has 10 atom stereocenters. The first-order valence-corrected chi connectivity index (χ1v) is 16.6. The van der Waals surface area contributed by atoms with E-state index in [0.717, 1.165) is 51.4 Å². The lowest BCUT2D eigenvalue weighted by Gasteiger charge is -2.73. The van der Waals surface area contributed by atoms with Crippen molar-refractivity contribution < 1.29 is 25.2 Å². The molecule has 0 spiro atoms. The number of ketones is 1. The molecule has 5 saturated carbocycles. The van der Waals surface area contributed by atoms with Crippen LogP contribution < -0.4 is 0 Å². The molecule has 0 aliphatic heterocycles. The Bertz CT molecular complexity index is 1060. The number of hydrogen-bond acceptors (Lipinski definition) is 5. The minimum absolute atomic E-state index is 0.0102. The van der Waals surface area contributed by atoms with E-state index in [-0.39, 0.29) is 58.4 Å². The second-order valence-corrected chi connectivity index (χ2v) is 17.0. The number of aliphatic hydroxyl groups is 4. The van der Waals surface area contributed by atoms with Crippen LogP contribution in [0.4, 0.5) is 0 Å². The zero-order valence-electron chi connectivity index (χ0n) is 25.8. The summed E-state index contributed by atoms with van der Waals surface area (Å²) >= 11 is 0. The molecule has 0 aromatic carbocycles. The van der Waals surface area contributed by atoms with Gasteiger partial charge in [-0.15, -0.1) is 0 Å². The normalized spacial score (nSPS) is 52.6. The van der Waals surface area contributed by atoms with Crippen LogP contribution in [0, 0.1) is 56.2 Å². The second-order valence-electron chi connectivity index (χ2n) is 17.0. The monoisotopic (exact) mass is 556 g/mol. The first-order valence-electron chi connectivity index (χ1n) is 16.6. The molecule has 5 nitrogen and oxygen atoms in total. The maximum atomic E-state index is 14.9. The first kappa shape index (κ1) is 29.3. The average Bonchev–Trinajstić information content (AvgIpc) is 2.92. The van der Waals surface area contributed by atoms with Gasteiger partial charge in [-0.3, -0.25) is 4.79 Å². The van der Waals surface area contributed by atoms with Crippen LogP contribution in [0.25, 0.3) is 0 Å². The van der Waals surface area contributed by atoms with Crippen molar-refractivity contribution in [3.63, 3.8) is 0 Å². The molecule has 0 saturated heterocycles. The van der Waals surface area contributed by atoms with Crippen molar-refractivity contribution in [2.75, 3.05) is 13.2 Å². The summed E-state index contributed by atoms with van der Waals surface area (Å²) in [7, 11) is 0. The Balaban J connectivity index is 1.54. The summed E-state index contributed by atoms with van der Waals surface area (Å²) < 4.78 is 0. The summed E-state index contributed by atoms with van der Waals surface area (Å²) in [6, 6.07) is 0. The van der Waals surface area contributed by atoms with Gasteiger partial charge in [0.1, 0.15) is 0 Å². The Labute approximate surface area is 242 Å². The van der Waals surface area contributed by atoms with Crippen molar-refractivity contribution in [3.8, 4) is 0 Å². The number of carbonyl (C=O) groups excluding carboxylic acids is 1. The number of rotatable bonds is 3. The second kappa shape index (κ2) is 9.37. The number of hydrogen-bond donors (Lipinski definition) is 4. The standard InChI is InChI=1S/C35H56O5/c1-30(2)15-16-34(21-37)24(18-30)23-17-25(38)29-32(4,33(23,5)19-28(34)40)13-11-26-31(3,20-36)27(39)12-14-35(26,29)22-9-7-6-8-10-22/h17,22,24,26-29,36-37,39-40H,6-16,18-21H2,1-5H3/t24-,26-,27+,28+,29+,31+,32-,33-,34-,35-/m1/s1. The van der Waals surface area contributed by atoms with Crippen LogP contribution in [-0.4, -0.2) is 51.6 Å². The SMILES string of the molecule is CC1(C)CC[C@@]2(CO)[C@H](C1)C1=CC(=O)[C@@H]3[C@@]4(C5CCCCC5)CC[C@H](O)[C@@](C)(CO)[C@H]4CC[C@@]3(C)[C@]1(C)C[C@@H]2O. The molecule has 40 heavy (non-hydrogen) atoms. The lowest BCUT2D eigenvalue weighted by Crippen LogP contribution is -2.71. The summed E-state index contributed by atoms with van der Waals surface area (Å²) in [5.74, 6) is 0.635. The maximum Gasteiger partial charge on any atom is 0.159 e. The highest BCUT2D eigenvalue weighted by atomic mass is 16.3. The third-order valence-corrected chi connectivity index (χ3v) is 15.0. The van der Waals surface area contributed by atoms with Crippen LogP contribution in [0.5, 0.6) is 0 Å². The number of allylic oxidation sites excluding steroid dienone is 2. The third-order valence-electron chi connectivity index (χ3n) is 15.0. The van der Waals surface area contributed by atoms with Crippen LogP contribution in [0.2, 0.25) is 0 Å². The quantitative estimate of drug-likeness (QED) is 0.351. The lowest BCUT2D eigenvalue weighted by atomic mass is 9.31. The molecule has 0 bridgehead atoms. The molecule has 0 amide bonds. The Morgan fingerprint density at radius 3 is 2.15 bits per heavy atom.